The first-order valence-electron chi connectivity index (χ1n) is 5.73. The van der Waals surface area contributed by atoms with E-state index in [0.29, 0.717) is 5.56 Å². The van der Waals surface area contributed by atoms with Gasteiger partial charge in [0.15, 0.2) is 0 Å². The van der Waals surface area contributed by atoms with Gasteiger partial charge in [-0.3, -0.25) is 10.1 Å². The van der Waals surface area contributed by atoms with E-state index < -0.39 is 0 Å². The Morgan fingerprint density at radius 1 is 1.21 bits per heavy atom. The van der Waals surface area contributed by atoms with Gasteiger partial charge in [0, 0.05) is 25.0 Å². The highest BCUT2D eigenvalue weighted by molar-refractivity contribution is 6.05. The first-order valence-corrected chi connectivity index (χ1v) is 5.73. The third-order valence-corrected chi connectivity index (χ3v) is 2.78. The predicted molar refractivity (Wildman–Crippen MR) is 70.7 cm³/mol. The molecule has 0 atom stereocenters. The Hall–Kier alpha value is -2.76. The Morgan fingerprint density at radius 3 is 2.79 bits per heavy atom. The van der Waals surface area contributed by atoms with Crippen molar-refractivity contribution in [1.82, 2.24) is 19.5 Å². The van der Waals surface area contributed by atoms with Crippen LogP contribution in [0.3, 0.4) is 0 Å². The van der Waals surface area contributed by atoms with Crippen LogP contribution in [0.5, 0.6) is 0 Å². The van der Waals surface area contributed by atoms with E-state index in [-0.39, 0.29) is 11.9 Å². The number of nitrogens with one attached hydrogen (secondary N) is 1. The average molecular weight is 253 g/mol. The van der Waals surface area contributed by atoms with Gasteiger partial charge in [0.25, 0.3) is 5.91 Å². The quantitative estimate of drug-likeness (QED) is 0.753. The summed E-state index contributed by atoms with van der Waals surface area (Å²) in [4.78, 5) is 24.2. The number of hydrogen-bond acceptors (Lipinski definition) is 4. The van der Waals surface area contributed by atoms with Gasteiger partial charge >= 0.3 is 0 Å². The first-order chi connectivity index (χ1) is 9.24. The van der Waals surface area contributed by atoms with E-state index in [1.807, 2.05) is 17.7 Å². The standard InChI is InChI=1S/C13H11N5O/c1-18-8-16-10-7-9(3-4-11(10)18)12(19)17-13-14-5-2-6-15-13/h2-8H,1H3,(H,14,15,17,19). The lowest BCUT2D eigenvalue weighted by molar-refractivity contribution is 0.102. The fourth-order valence-electron chi connectivity index (χ4n) is 1.81. The first kappa shape index (κ1) is 11.3. The molecule has 3 aromatic rings. The number of rotatable bonds is 2. The molecule has 0 aliphatic heterocycles. The summed E-state index contributed by atoms with van der Waals surface area (Å²) in [7, 11) is 1.91. The molecule has 1 N–H and O–H groups in total. The Bertz CT molecular complexity index is 735. The molecule has 0 fully saturated rings. The number of benzene rings is 1. The highest BCUT2D eigenvalue weighted by Crippen LogP contribution is 2.14. The molecule has 0 aliphatic carbocycles. The van der Waals surface area contributed by atoms with E-state index in [1.54, 1.807) is 36.9 Å². The molecular weight excluding hydrogens is 242 g/mol. The Labute approximate surface area is 109 Å². The largest absolute Gasteiger partial charge is 0.334 e. The summed E-state index contributed by atoms with van der Waals surface area (Å²) in [5.74, 6) is 0.0346. The molecule has 0 aliphatic rings. The molecule has 2 heterocycles. The number of hydrogen-bond donors (Lipinski definition) is 1. The molecule has 19 heavy (non-hydrogen) atoms. The van der Waals surface area contributed by atoms with Gasteiger partial charge in [-0.15, -0.1) is 0 Å². The number of imidazole rings is 1. The van der Waals surface area contributed by atoms with Crippen LogP contribution in [0.1, 0.15) is 10.4 Å². The van der Waals surface area contributed by atoms with Crippen LogP contribution in [-0.4, -0.2) is 25.4 Å². The third-order valence-electron chi connectivity index (χ3n) is 2.78. The van der Waals surface area contributed by atoms with E-state index >= 15 is 0 Å². The fourth-order valence-corrected chi connectivity index (χ4v) is 1.81. The zero-order chi connectivity index (χ0) is 13.2. The number of nitrogens with zero attached hydrogens (tertiary/aromatic N) is 4. The van der Waals surface area contributed by atoms with Crippen molar-refractivity contribution in [3.8, 4) is 0 Å². The van der Waals surface area contributed by atoms with Gasteiger partial charge in [-0.2, -0.15) is 0 Å². The minimum absolute atomic E-state index is 0.251. The van der Waals surface area contributed by atoms with Gasteiger partial charge in [-0.1, -0.05) is 0 Å². The highest BCUT2D eigenvalue weighted by Gasteiger charge is 2.09. The number of aromatic nitrogens is 4. The molecule has 94 valence electrons. The number of fused-ring (bicyclic) bond motifs is 1. The number of carbonyl (C=O) groups is 1. The van der Waals surface area contributed by atoms with Gasteiger partial charge in [-0.25, -0.2) is 15.0 Å². The zero-order valence-electron chi connectivity index (χ0n) is 10.2. The smallest absolute Gasteiger partial charge is 0.258 e. The Morgan fingerprint density at radius 2 is 2.00 bits per heavy atom. The van der Waals surface area contributed by atoms with Crippen LogP contribution >= 0.6 is 0 Å². The van der Waals surface area contributed by atoms with Gasteiger partial charge in [0.2, 0.25) is 5.95 Å². The minimum atomic E-state index is -0.251. The summed E-state index contributed by atoms with van der Waals surface area (Å²) in [5, 5.41) is 2.63. The predicted octanol–water partition coefficient (Wildman–Crippen LogP) is 1.62. The van der Waals surface area contributed by atoms with Crippen LogP contribution in [0.2, 0.25) is 0 Å². The molecule has 0 unspecified atom stereocenters. The Kier molecular flexibility index (Phi) is 2.68. The van der Waals surface area contributed by atoms with Crippen LogP contribution in [0.25, 0.3) is 11.0 Å². The molecule has 6 nitrogen and oxygen atoms in total. The second-order valence-corrected chi connectivity index (χ2v) is 4.09. The van der Waals surface area contributed by atoms with E-state index in [4.69, 9.17) is 0 Å². The maximum absolute atomic E-state index is 12.0. The Balaban J connectivity index is 1.89. The topological polar surface area (TPSA) is 72.7 Å². The molecule has 0 saturated heterocycles. The normalized spacial score (nSPS) is 10.6. The molecule has 0 spiro atoms. The van der Waals surface area contributed by atoms with Crippen LogP contribution in [0, 0.1) is 0 Å². The second kappa shape index (κ2) is 4.49. The van der Waals surface area contributed by atoms with Gasteiger partial charge in [0.05, 0.1) is 17.4 Å². The molecular formula is C13H11N5O. The summed E-state index contributed by atoms with van der Waals surface area (Å²) in [6.07, 6.45) is 4.86. The molecule has 2 aromatic heterocycles. The highest BCUT2D eigenvalue weighted by atomic mass is 16.1. The molecule has 0 radical (unpaired) electrons. The molecule has 0 saturated carbocycles. The summed E-state index contributed by atoms with van der Waals surface area (Å²) in [6, 6.07) is 7.05. The van der Waals surface area contributed by atoms with Crippen molar-refractivity contribution < 1.29 is 4.79 Å². The monoisotopic (exact) mass is 253 g/mol. The summed E-state index contributed by atoms with van der Waals surface area (Å²) in [5.41, 5.74) is 2.29. The maximum Gasteiger partial charge on any atom is 0.258 e. The molecule has 0 bridgehead atoms. The minimum Gasteiger partial charge on any atom is -0.334 e. The van der Waals surface area contributed by atoms with E-state index in [0.717, 1.165) is 11.0 Å². The number of aryl methyl sites for hydroxylation is 1. The lowest BCUT2D eigenvalue weighted by Gasteiger charge is -2.03. The fraction of sp³-hybridized carbons (Fsp3) is 0.0769. The van der Waals surface area contributed by atoms with Crippen LogP contribution in [0.15, 0.2) is 43.0 Å². The van der Waals surface area contributed by atoms with Gasteiger partial charge in [0.1, 0.15) is 0 Å². The van der Waals surface area contributed by atoms with Gasteiger partial charge < -0.3 is 4.57 Å². The van der Waals surface area contributed by atoms with Crippen molar-refractivity contribution in [3.05, 3.63) is 48.5 Å². The van der Waals surface area contributed by atoms with Crippen LogP contribution < -0.4 is 5.32 Å². The summed E-state index contributed by atoms with van der Waals surface area (Å²) < 4.78 is 1.90. The summed E-state index contributed by atoms with van der Waals surface area (Å²) in [6.45, 7) is 0. The zero-order valence-corrected chi connectivity index (χ0v) is 10.2. The van der Waals surface area contributed by atoms with Crippen LogP contribution in [-0.2, 0) is 7.05 Å². The lowest BCUT2D eigenvalue weighted by Crippen LogP contribution is -2.13. The van der Waals surface area contributed by atoms with Crippen molar-refractivity contribution >= 4 is 22.9 Å². The average Bonchev–Trinajstić information content (AvgIpc) is 2.81. The molecule has 3 rings (SSSR count). The molecule has 6 heteroatoms. The third kappa shape index (κ3) is 2.15. The molecule has 1 amide bonds. The van der Waals surface area contributed by atoms with Crippen molar-refractivity contribution in [2.75, 3.05) is 5.32 Å². The number of carbonyl (C=O) groups excluding carboxylic acids is 1. The van der Waals surface area contributed by atoms with Crippen molar-refractivity contribution in [2.24, 2.45) is 7.05 Å². The maximum atomic E-state index is 12.0. The van der Waals surface area contributed by atoms with Crippen molar-refractivity contribution in [2.45, 2.75) is 0 Å². The van der Waals surface area contributed by atoms with E-state index in [9.17, 15) is 4.79 Å². The SMILES string of the molecule is Cn1cnc2cc(C(=O)Nc3ncccn3)ccc21. The van der Waals surface area contributed by atoms with E-state index in [2.05, 4.69) is 20.3 Å². The second-order valence-electron chi connectivity index (χ2n) is 4.09. The summed E-state index contributed by atoms with van der Waals surface area (Å²) >= 11 is 0. The van der Waals surface area contributed by atoms with Gasteiger partial charge in [-0.05, 0) is 24.3 Å². The lowest BCUT2D eigenvalue weighted by atomic mass is 10.2. The molecule has 1 aromatic carbocycles. The number of amides is 1. The van der Waals surface area contributed by atoms with Crippen molar-refractivity contribution in [3.63, 3.8) is 0 Å². The number of anilines is 1. The van der Waals surface area contributed by atoms with Crippen LogP contribution in [0.4, 0.5) is 5.95 Å². The van der Waals surface area contributed by atoms with Crippen molar-refractivity contribution in [1.29, 1.82) is 0 Å². The van der Waals surface area contributed by atoms with E-state index in [1.165, 1.54) is 0 Å².